The number of aliphatic imine (C=N–C) groups is 1. The van der Waals surface area contributed by atoms with E-state index < -0.39 is 21.5 Å². The number of nitrogens with one attached hydrogen (secondary N) is 1. The fourth-order valence-corrected chi connectivity index (χ4v) is 5.77. The molecular weight excluding hydrogens is 565 g/mol. The molecule has 0 saturated carbocycles. The van der Waals surface area contributed by atoms with E-state index in [1.54, 1.807) is 12.1 Å². The molecule has 3 aromatic carbocycles. The number of nitrogens with two attached hydrogens (primary N) is 1. The molecule has 0 saturated heterocycles. The maximum atomic E-state index is 12.2. The molecule has 3 aromatic rings. The number of aromatic hydroxyl groups is 1. The Morgan fingerprint density at radius 2 is 1.81 bits per heavy atom. The van der Waals surface area contributed by atoms with Gasteiger partial charge >= 0.3 is 29.6 Å². The maximum absolute atomic E-state index is 12.2. The van der Waals surface area contributed by atoms with Gasteiger partial charge in [-0.05, 0) is 71.2 Å². The van der Waals surface area contributed by atoms with Crippen LogP contribution in [0.15, 0.2) is 83.9 Å². The van der Waals surface area contributed by atoms with Crippen molar-refractivity contribution < 1.29 is 57.5 Å². The van der Waals surface area contributed by atoms with Gasteiger partial charge in [0.05, 0.1) is 21.5 Å². The number of rotatable bonds is 9. The van der Waals surface area contributed by atoms with E-state index in [2.05, 4.69) is 16.4 Å². The van der Waals surface area contributed by atoms with Gasteiger partial charge in [0.15, 0.2) is 12.7 Å². The molecule has 9 nitrogen and oxygen atoms in total. The summed E-state index contributed by atoms with van der Waals surface area (Å²) in [6.45, 7) is 2.56. The number of allylic oxidation sites excluding steroid dienone is 1. The molecule has 2 bridgehead atoms. The van der Waals surface area contributed by atoms with Crippen LogP contribution < -0.4 is 45.3 Å². The summed E-state index contributed by atoms with van der Waals surface area (Å²) in [7, 11) is -4.60. The van der Waals surface area contributed by atoms with Gasteiger partial charge in [0.25, 0.3) is 0 Å². The molecule has 1 heterocycles. The number of hydrogen-bond acceptors (Lipinski definition) is 9. The van der Waals surface area contributed by atoms with E-state index in [9.17, 15) is 23.2 Å². The van der Waals surface area contributed by atoms with Crippen molar-refractivity contribution >= 4 is 16.1 Å². The van der Waals surface area contributed by atoms with Crippen LogP contribution in [0.25, 0.3) is 0 Å². The average molecular weight is 602 g/mol. The van der Waals surface area contributed by atoms with E-state index in [-0.39, 0.29) is 66.8 Å². The SMILES string of the molecule is CCC(CC(CC=CC(O)c1ccc(O)cc1)S(=O)(=O)[O-])c1ccc2c(c1)Cc1cccc(c1)CNC(N)=NCO2.[Na+]. The van der Waals surface area contributed by atoms with Crippen LogP contribution in [0, 0.1) is 0 Å². The van der Waals surface area contributed by atoms with Crippen LogP contribution in [0.3, 0.4) is 0 Å². The quantitative estimate of drug-likeness (QED) is 0.162. The van der Waals surface area contributed by atoms with E-state index >= 15 is 0 Å². The number of guanidine groups is 1. The van der Waals surface area contributed by atoms with Crippen LogP contribution in [0.2, 0.25) is 0 Å². The first-order valence-corrected chi connectivity index (χ1v) is 15.0. The molecular formula is C31H36N3NaO6S. The van der Waals surface area contributed by atoms with Gasteiger partial charge in [-0.25, -0.2) is 13.4 Å². The molecule has 3 unspecified atom stereocenters. The van der Waals surface area contributed by atoms with Crippen LogP contribution in [0.4, 0.5) is 0 Å². The van der Waals surface area contributed by atoms with E-state index in [0.29, 0.717) is 30.7 Å². The molecule has 0 radical (unpaired) electrons. The molecule has 5 N–H and O–H groups in total. The zero-order valence-electron chi connectivity index (χ0n) is 23.9. The van der Waals surface area contributed by atoms with Crippen LogP contribution >= 0.6 is 0 Å². The summed E-state index contributed by atoms with van der Waals surface area (Å²) in [5.74, 6) is 0.837. The standard InChI is InChI=1S/C31H37N3O6S.Na/c1-2-23(18-28(41(37,38)39)7-4-8-29(36)24-9-12-27(35)13-10-24)25-11-14-30-26(17-25)16-21-5-3-6-22(15-21)19-33-31(32)34-20-40-30;/h3-6,8-15,17,23,28-29,35-36H,2,7,16,18-20H2,1H3,(H3,32,33,34)(H,37,38,39);/q;+1/p-1. The van der Waals surface area contributed by atoms with Crippen molar-refractivity contribution in [3.63, 3.8) is 0 Å². The molecule has 1 aliphatic rings. The zero-order chi connectivity index (χ0) is 29.4. The molecule has 3 atom stereocenters. The fourth-order valence-electron chi connectivity index (χ4n) is 4.95. The van der Waals surface area contributed by atoms with E-state index in [1.165, 1.54) is 24.3 Å². The van der Waals surface area contributed by atoms with Crippen LogP contribution in [-0.2, 0) is 23.1 Å². The maximum Gasteiger partial charge on any atom is 1.00 e. The van der Waals surface area contributed by atoms with Gasteiger partial charge in [-0.1, -0.05) is 67.6 Å². The van der Waals surface area contributed by atoms with Gasteiger partial charge in [0, 0.05) is 13.0 Å². The molecule has 218 valence electrons. The van der Waals surface area contributed by atoms with Crippen molar-refractivity contribution in [1.82, 2.24) is 5.32 Å². The largest absolute Gasteiger partial charge is 1.00 e. The molecule has 4 rings (SSSR count). The van der Waals surface area contributed by atoms with Gasteiger partial charge in [-0.3, -0.25) is 0 Å². The Kier molecular flexibility index (Phi) is 12.5. The second-order valence-corrected chi connectivity index (χ2v) is 11.8. The number of nitrogens with zero attached hydrogens (tertiary/aromatic N) is 1. The number of aliphatic hydroxyl groups excluding tert-OH is 1. The number of aliphatic hydroxyl groups is 1. The van der Waals surface area contributed by atoms with Crippen LogP contribution in [0.5, 0.6) is 11.5 Å². The number of phenolic OH excluding ortho intramolecular Hbond substituents is 1. The van der Waals surface area contributed by atoms with Gasteiger partial charge in [0.1, 0.15) is 11.5 Å². The molecule has 0 spiro atoms. The van der Waals surface area contributed by atoms with E-state index in [4.69, 9.17) is 10.5 Å². The number of fused-ring (bicyclic) bond motifs is 3. The van der Waals surface area contributed by atoms with Crippen molar-refractivity contribution in [2.75, 3.05) is 6.73 Å². The summed E-state index contributed by atoms with van der Waals surface area (Å²) < 4.78 is 42.7. The Bertz CT molecular complexity index is 1490. The third kappa shape index (κ3) is 9.58. The number of benzene rings is 3. The van der Waals surface area contributed by atoms with Crippen molar-refractivity contribution in [1.29, 1.82) is 0 Å². The van der Waals surface area contributed by atoms with Crippen LogP contribution in [-0.4, -0.2) is 41.1 Å². The first-order chi connectivity index (χ1) is 19.6. The minimum atomic E-state index is -4.60. The topological polar surface area (TPSA) is 157 Å². The average Bonchev–Trinajstić information content (AvgIpc) is 2.94. The fraction of sp³-hybridized carbons (Fsp3) is 0.323. The zero-order valence-corrected chi connectivity index (χ0v) is 26.8. The van der Waals surface area contributed by atoms with Crippen LogP contribution in [0.1, 0.15) is 66.0 Å². The number of phenols is 1. The molecule has 1 aliphatic heterocycles. The Hall–Kier alpha value is -2.86. The predicted molar refractivity (Wildman–Crippen MR) is 158 cm³/mol. The Morgan fingerprint density at radius 1 is 1.10 bits per heavy atom. The van der Waals surface area contributed by atoms with E-state index in [0.717, 1.165) is 22.3 Å². The second-order valence-electron chi connectivity index (χ2n) is 10.2. The number of hydrogen-bond donors (Lipinski definition) is 4. The monoisotopic (exact) mass is 601 g/mol. The van der Waals surface area contributed by atoms with Crippen molar-refractivity contribution in [3.05, 3.63) is 107 Å². The summed E-state index contributed by atoms with van der Waals surface area (Å²) in [5, 5.41) is 21.7. The number of ether oxygens (including phenoxy) is 1. The molecule has 0 amide bonds. The Labute approximate surface area is 269 Å². The molecule has 42 heavy (non-hydrogen) atoms. The first kappa shape index (κ1) is 33.6. The molecule has 0 aliphatic carbocycles. The minimum Gasteiger partial charge on any atom is -0.748 e. The third-order valence-electron chi connectivity index (χ3n) is 7.27. The molecule has 0 aromatic heterocycles. The van der Waals surface area contributed by atoms with Crippen molar-refractivity contribution in [3.8, 4) is 11.5 Å². The summed E-state index contributed by atoms with van der Waals surface area (Å²) in [6, 6.07) is 20.0. The molecule has 0 fully saturated rings. The second kappa shape index (κ2) is 15.6. The van der Waals surface area contributed by atoms with Gasteiger partial charge < -0.3 is 30.6 Å². The predicted octanol–water partition coefficient (Wildman–Crippen LogP) is 1.22. The van der Waals surface area contributed by atoms with Gasteiger partial charge in [-0.15, -0.1) is 0 Å². The van der Waals surface area contributed by atoms with Crippen molar-refractivity contribution in [2.24, 2.45) is 10.7 Å². The normalized spacial score (nSPS) is 15.8. The minimum absolute atomic E-state index is 0. The third-order valence-corrected chi connectivity index (χ3v) is 8.47. The summed E-state index contributed by atoms with van der Waals surface area (Å²) in [5.41, 5.74) is 10.5. The Balaban J connectivity index is 0.00000484. The van der Waals surface area contributed by atoms with Crippen molar-refractivity contribution in [2.45, 2.75) is 56.4 Å². The summed E-state index contributed by atoms with van der Waals surface area (Å²) >= 11 is 0. The summed E-state index contributed by atoms with van der Waals surface area (Å²) in [4.78, 5) is 4.22. The Morgan fingerprint density at radius 3 is 2.52 bits per heavy atom. The molecule has 11 heteroatoms. The summed E-state index contributed by atoms with van der Waals surface area (Å²) in [6.07, 6.45) is 3.36. The van der Waals surface area contributed by atoms with Gasteiger partial charge in [0.2, 0.25) is 0 Å². The van der Waals surface area contributed by atoms with E-state index in [1.807, 2.05) is 43.3 Å². The first-order valence-electron chi connectivity index (χ1n) is 13.6. The smallest absolute Gasteiger partial charge is 0.748 e. The van der Waals surface area contributed by atoms with Gasteiger partial charge in [-0.2, -0.15) is 0 Å².